The van der Waals surface area contributed by atoms with Crippen LogP contribution < -0.4 is 15.4 Å². The number of benzene rings is 1. The lowest BCUT2D eigenvalue weighted by Crippen LogP contribution is -2.20. The van der Waals surface area contributed by atoms with E-state index in [1.54, 1.807) is 0 Å². The zero-order valence-corrected chi connectivity index (χ0v) is 11.9. The van der Waals surface area contributed by atoms with Crippen LogP contribution in [0.2, 0.25) is 0 Å². The van der Waals surface area contributed by atoms with Gasteiger partial charge in [0.25, 0.3) is 5.91 Å². The summed E-state index contributed by atoms with van der Waals surface area (Å²) < 4.78 is 5.50. The molecule has 1 aromatic carbocycles. The summed E-state index contributed by atoms with van der Waals surface area (Å²) in [5.41, 5.74) is 2.05. The van der Waals surface area contributed by atoms with E-state index in [1.165, 1.54) is 16.2 Å². The van der Waals surface area contributed by atoms with Crippen LogP contribution in [0.4, 0.5) is 5.13 Å². The molecule has 20 heavy (non-hydrogen) atoms. The van der Waals surface area contributed by atoms with E-state index in [1.807, 2.05) is 31.2 Å². The van der Waals surface area contributed by atoms with Gasteiger partial charge in [0.2, 0.25) is 0 Å². The Labute approximate surface area is 121 Å². The Balaban J connectivity index is 1.56. The molecule has 104 valence electrons. The van der Waals surface area contributed by atoms with Crippen LogP contribution >= 0.6 is 11.3 Å². The van der Waals surface area contributed by atoms with Crippen molar-refractivity contribution in [2.75, 3.05) is 11.9 Å². The van der Waals surface area contributed by atoms with E-state index in [4.69, 9.17) is 4.74 Å². The smallest absolute Gasteiger partial charge is 0.264 e. The second-order valence-electron chi connectivity index (χ2n) is 4.59. The molecule has 5 nitrogen and oxygen atoms in total. The van der Waals surface area contributed by atoms with Crippen LogP contribution in [0, 0.1) is 6.92 Å². The number of anilines is 1. The Kier molecular flexibility index (Phi) is 3.66. The van der Waals surface area contributed by atoms with Gasteiger partial charge in [0.05, 0.1) is 5.69 Å². The summed E-state index contributed by atoms with van der Waals surface area (Å²) in [5.74, 6) is 0.544. The van der Waals surface area contributed by atoms with Gasteiger partial charge in [-0.05, 0) is 18.6 Å². The summed E-state index contributed by atoms with van der Waals surface area (Å²) >= 11 is 1.51. The molecular weight excluding hydrogens is 274 g/mol. The van der Waals surface area contributed by atoms with Crippen molar-refractivity contribution < 1.29 is 9.53 Å². The van der Waals surface area contributed by atoms with Gasteiger partial charge in [0.1, 0.15) is 5.75 Å². The molecule has 3 rings (SSSR count). The van der Waals surface area contributed by atoms with E-state index >= 15 is 0 Å². The zero-order valence-electron chi connectivity index (χ0n) is 11.1. The average Bonchev–Trinajstić information content (AvgIpc) is 2.98. The van der Waals surface area contributed by atoms with Crippen LogP contribution in [-0.2, 0) is 17.9 Å². The number of rotatable bonds is 4. The number of aryl methyl sites for hydroxylation is 1. The van der Waals surface area contributed by atoms with Crippen LogP contribution in [0.15, 0.2) is 24.3 Å². The van der Waals surface area contributed by atoms with E-state index in [-0.39, 0.29) is 12.5 Å². The molecule has 1 aliphatic rings. The second kappa shape index (κ2) is 5.60. The predicted molar refractivity (Wildman–Crippen MR) is 78.0 cm³/mol. The monoisotopic (exact) mass is 289 g/mol. The first-order valence-corrected chi connectivity index (χ1v) is 7.21. The van der Waals surface area contributed by atoms with Gasteiger partial charge in [-0.25, -0.2) is 4.98 Å². The van der Waals surface area contributed by atoms with Gasteiger partial charge >= 0.3 is 0 Å². The van der Waals surface area contributed by atoms with Crippen molar-refractivity contribution in [1.82, 2.24) is 10.3 Å². The molecule has 0 radical (unpaired) electrons. The minimum Gasteiger partial charge on any atom is -0.483 e. The number of hydrogen-bond donors (Lipinski definition) is 2. The quantitative estimate of drug-likeness (QED) is 0.904. The number of aromatic nitrogens is 1. The average molecular weight is 289 g/mol. The number of ether oxygens (including phenoxy) is 1. The maximum Gasteiger partial charge on any atom is 0.264 e. The summed E-state index contributed by atoms with van der Waals surface area (Å²) in [6.45, 7) is 3.56. The Bertz CT molecular complexity index is 618. The lowest BCUT2D eigenvalue weighted by molar-refractivity contribution is -0.118. The number of hydrogen-bond acceptors (Lipinski definition) is 5. The van der Waals surface area contributed by atoms with Gasteiger partial charge in [-0.2, -0.15) is 0 Å². The zero-order chi connectivity index (χ0) is 13.9. The Morgan fingerprint density at radius 3 is 3.10 bits per heavy atom. The van der Waals surface area contributed by atoms with Gasteiger partial charge in [0, 0.05) is 18.0 Å². The topological polar surface area (TPSA) is 63.2 Å². The molecule has 0 aliphatic carbocycles. The van der Waals surface area contributed by atoms with Crippen LogP contribution in [0.5, 0.6) is 5.75 Å². The molecule has 2 N–H and O–H groups in total. The normalized spacial score (nSPS) is 13.1. The summed E-state index contributed by atoms with van der Waals surface area (Å²) in [6, 6.07) is 7.63. The Morgan fingerprint density at radius 2 is 2.30 bits per heavy atom. The van der Waals surface area contributed by atoms with Gasteiger partial charge < -0.3 is 10.1 Å². The molecule has 1 amide bonds. The van der Waals surface area contributed by atoms with Crippen molar-refractivity contribution in [2.45, 2.75) is 20.0 Å². The minimum atomic E-state index is -0.186. The van der Waals surface area contributed by atoms with E-state index in [2.05, 4.69) is 15.6 Å². The Hall–Kier alpha value is -1.92. The van der Waals surface area contributed by atoms with Crippen molar-refractivity contribution in [3.63, 3.8) is 0 Å². The van der Waals surface area contributed by atoms with Gasteiger partial charge in [0.15, 0.2) is 11.7 Å². The van der Waals surface area contributed by atoms with Crippen molar-refractivity contribution in [2.24, 2.45) is 0 Å². The highest BCUT2D eigenvalue weighted by molar-refractivity contribution is 7.15. The first-order valence-electron chi connectivity index (χ1n) is 6.40. The number of fused-ring (bicyclic) bond motifs is 1. The summed E-state index contributed by atoms with van der Waals surface area (Å²) in [5, 5.41) is 6.64. The summed E-state index contributed by atoms with van der Waals surface area (Å²) in [6.07, 6.45) is 0. The van der Waals surface area contributed by atoms with E-state index in [0.717, 1.165) is 30.1 Å². The van der Waals surface area contributed by atoms with E-state index in [9.17, 15) is 4.79 Å². The molecule has 0 saturated heterocycles. The van der Waals surface area contributed by atoms with Crippen LogP contribution in [-0.4, -0.2) is 17.5 Å². The molecule has 6 heteroatoms. The van der Waals surface area contributed by atoms with E-state index in [0.29, 0.717) is 5.13 Å². The minimum absolute atomic E-state index is 0.00660. The summed E-state index contributed by atoms with van der Waals surface area (Å²) in [4.78, 5) is 17.4. The number of amides is 1. The van der Waals surface area contributed by atoms with E-state index < -0.39 is 0 Å². The van der Waals surface area contributed by atoms with Gasteiger partial charge in [-0.15, -0.1) is 11.3 Å². The number of carbonyl (C=O) groups excluding carboxylic acids is 1. The second-order valence-corrected chi connectivity index (χ2v) is 5.68. The van der Waals surface area contributed by atoms with Crippen molar-refractivity contribution >= 4 is 22.4 Å². The standard InChI is InChI=1S/C14H15N3O2S/c1-9-4-2-3-5-11(9)19-8-13(18)17-14-16-10-6-15-7-12(10)20-14/h2-5,15H,6-8H2,1H3,(H,16,17,18). The predicted octanol–water partition coefficient (Wildman–Crippen LogP) is 2.07. The van der Waals surface area contributed by atoms with Crippen molar-refractivity contribution in [3.05, 3.63) is 40.4 Å². The molecule has 0 spiro atoms. The molecule has 2 heterocycles. The van der Waals surface area contributed by atoms with Crippen LogP contribution in [0.3, 0.4) is 0 Å². The molecule has 2 aromatic rings. The van der Waals surface area contributed by atoms with Gasteiger partial charge in [-0.3, -0.25) is 10.1 Å². The van der Waals surface area contributed by atoms with Gasteiger partial charge in [-0.1, -0.05) is 18.2 Å². The third-order valence-corrected chi connectivity index (χ3v) is 4.07. The highest BCUT2D eigenvalue weighted by atomic mass is 32.1. The SMILES string of the molecule is Cc1ccccc1OCC(=O)Nc1nc2c(s1)CNC2. The number of para-hydroxylation sites is 1. The summed E-state index contributed by atoms with van der Waals surface area (Å²) in [7, 11) is 0. The molecule has 0 fully saturated rings. The molecule has 0 bridgehead atoms. The number of nitrogens with zero attached hydrogens (tertiary/aromatic N) is 1. The third kappa shape index (κ3) is 2.81. The molecule has 0 atom stereocenters. The maximum atomic E-state index is 11.8. The first kappa shape index (κ1) is 13.1. The molecule has 1 aromatic heterocycles. The lowest BCUT2D eigenvalue weighted by atomic mass is 10.2. The lowest BCUT2D eigenvalue weighted by Gasteiger charge is -2.08. The van der Waals surface area contributed by atoms with Crippen LogP contribution in [0.1, 0.15) is 16.1 Å². The molecule has 0 saturated carbocycles. The first-order chi connectivity index (χ1) is 9.72. The fraction of sp³-hybridized carbons (Fsp3) is 0.286. The van der Waals surface area contributed by atoms with Crippen molar-refractivity contribution in [3.8, 4) is 5.75 Å². The van der Waals surface area contributed by atoms with Crippen molar-refractivity contribution in [1.29, 1.82) is 0 Å². The largest absolute Gasteiger partial charge is 0.483 e. The fourth-order valence-electron chi connectivity index (χ4n) is 2.02. The molecule has 0 unspecified atom stereocenters. The molecule has 1 aliphatic heterocycles. The number of carbonyl (C=O) groups is 1. The maximum absolute atomic E-state index is 11.8. The highest BCUT2D eigenvalue weighted by Crippen LogP contribution is 2.26. The van der Waals surface area contributed by atoms with Crippen LogP contribution in [0.25, 0.3) is 0 Å². The molecular formula is C14H15N3O2S. The third-order valence-electron chi connectivity index (χ3n) is 3.05. The number of nitrogens with one attached hydrogen (secondary N) is 2. The fourth-order valence-corrected chi connectivity index (χ4v) is 2.99. The number of thiazole rings is 1. The Morgan fingerprint density at radius 1 is 1.45 bits per heavy atom. The highest BCUT2D eigenvalue weighted by Gasteiger charge is 2.17.